The first-order chi connectivity index (χ1) is 10.1. The van der Waals surface area contributed by atoms with Crippen LogP contribution in [0.2, 0.25) is 10.0 Å². The molecule has 2 aromatic carbocycles. The quantitative estimate of drug-likeness (QED) is 0.754. The molecule has 0 unspecified atom stereocenters. The molecule has 2 rings (SSSR count). The average molecular weight is 322 g/mol. The van der Waals surface area contributed by atoms with Gasteiger partial charge in [0.25, 0.3) is 0 Å². The molecule has 3 nitrogen and oxygen atoms in total. The number of halogens is 2. The molecule has 0 spiro atoms. The van der Waals surface area contributed by atoms with Crippen LogP contribution in [-0.2, 0) is 0 Å². The summed E-state index contributed by atoms with van der Waals surface area (Å²) in [6.07, 6.45) is 0. The van der Waals surface area contributed by atoms with Crippen molar-refractivity contribution in [1.82, 2.24) is 0 Å². The van der Waals surface area contributed by atoms with E-state index >= 15 is 0 Å². The van der Waals surface area contributed by atoms with Crippen LogP contribution in [0, 0.1) is 18.3 Å². The Kier molecular flexibility index (Phi) is 5.32. The molecule has 0 radical (unpaired) electrons. The van der Waals surface area contributed by atoms with Crippen molar-refractivity contribution in [2.24, 2.45) is 0 Å². The van der Waals surface area contributed by atoms with Gasteiger partial charge in [-0.1, -0.05) is 23.2 Å². The highest BCUT2D eigenvalue weighted by molar-refractivity contribution is 6.31. The summed E-state index contributed by atoms with van der Waals surface area (Å²) in [7, 11) is 0. The summed E-state index contributed by atoms with van der Waals surface area (Å²) in [5.41, 5.74) is 1.37. The molecular formula is C16H13Cl2NO2. The molecule has 0 saturated carbocycles. The van der Waals surface area contributed by atoms with Crippen LogP contribution in [0.1, 0.15) is 11.1 Å². The van der Waals surface area contributed by atoms with Gasteiger partial charge in [-0.25, -0.2) is 0 Å². The SMILES string of the molecule is Cc1cc(OCCOc2ccc(Cl)cc2C#N)ccc1Cl. The zero-order valence-electron chi connectivity index (χ0n) is 11.4. The summed E-state index contributed by atoms with van der Waals surface area (Å²) in [5, 5.41) is 10.2. The monoisotopic (exact) mass is 321 g/mol. The van der Waals surface area contributed by atoms with Gasteiger partial charge in [0.15, 0.2) is 0 Å². The molecule has 0 bridgehead atoms. The van der Waals surface area contributed by atoms with E-state index < -0.39 is 0 Å². The van der Waals surface area contributed by atoms with Crippen LogP contribution in [-0.4, -0.2) is 13.2 Å². The molecule has 108 valence electrons. The van der Waals surface area contributed by atoms with Crippen LogP contribution in [0.3, 0.4) is 0 Å². The molecule has 0 fully saturated rings. The Hall–Kier alpha value is -1.89. The molecule has 0 aromatic heterocycles. The zero-order chi connectivity index (χ0) is 15.2. The van der Waals surface area contributed by atoms with E-state index in [1.165, 1.54) is 0 Å². The minimum atomic E-state index is 0.331. The molecule has 21 heavy (non-hydrogen) atoms. The number of benzene rings is 2. The highest BCUT2D eigenvalue weighted by Crippen LogP contribution is 2.23. The van der Waals surface area contributed by atoms with Crippen molar-refractivity contribution in [3.05, 3.63) is 57.6 Å². The number of rotatable bonds is 5. The largest absolute Gasteiger partial charge is 0.490 e. The van der Waals surface area contributed by atoms with Gasteiger partial charge in [0, 0.05) is 10.0 Å². The van der Waals surface area contributed by atoms with Crippen LogP contribution in [0.4, 0.5) is 0 Å². The summed E-state index contributed by atoms with van der Waals surface area (Å²) < 4.78 is 11.1. The van der Waals surface area contributed by atoms with E-state index in [0.717, 1.165) is 11.3 Å². The molecule has 0 atom stereocenters. The van der Waals surface area contributed by atoms with Gasteiger partial charge in [-0.15, -0.1) is 0 Å². The highest BCUT2D eigenvalue weighted by Gasteiger charge is 2.04. The van der Waals surface area contributed by atoms with E-state index in [1.807, 2.05) is 19.1 Å². The summed E-state index contributed by atoms with van der Waals surface area (Å²) in [6.45, 7) is 2.62. The van der Waals surface area contributed by atoms with Crippen LogP contribution in [0.5, 0.6) is 11.5 Å². The van der Waals surface area contributed by atoms with E-state index in [-0.39, 0.29) is 0 Å². The molecule has 0 aliphatic heterocycles. The lowest BCUT2D eigenvalue weighted by atomic mass is 10.2. The van der Waals surface area contributed by atoms with E-state index in [0.29, 0.717) is 34.6 Å². The van der Waals surface area contributed by atoms with Gasteiger partial charge in [0.2, 0.25) is 0 Å². The summed E-state index contributed by atoms with van der Waals surface area (Å²) in [4.78, 5) is 0. The summed E-state index contributed by atoms with van der Waals surface area (Å²) >= 11 is 11.8. The molecule has 0 saturated heterocycles. The second-order valence-electron chi connectivity index (χ2n) is 4.36. The Morgan fingerprint density at radius 3 is 2.52 bits per heavy atom. The first kappa shape index (κ1) is 15.5. The van der Waals surface area contributed by atoms with Gasteiger partial charge >= 0.3 is 0 Å². The number of ether oxygens (including phenoxy) is 2. The van der Waals surface area contributed by atoms with Gasteiger partial charge in [0.1, 0.15) is 30.8 Å². The van der Waals surface area contributed by atoms with Crippen LogP contribution >= 0.6 is 23.2 Å². The van der Waals surface area contributed by atoms with Crippen molar-refractivity contribution >= 4 is 23.2 Å². The Labute approximate surface area is 133 Å². The first-order valence-corrected chi connectivity index (χ1v) is 7.07. The van der Waals surface area contributed by atoms with E-state index in [4.69, 9.17) is 37.9 Å². The molecule has 0 heterocycles. The number of hydrogen-bond acceptors (Lipinski definition) is 3. The first-order valence-electron chi connectivity index (χ1n) is 6.31. The van der Waals surface area contributed by atoms with Gasteiger partial charge in [0.05, 0.1) is 5.56 Å². The standard InChI is InChI=1S/C16H13Cl2NO2/c1-11-8-14(3-4-15(11)18)20-6-7-21-16-5-2-13(17)9-12(16)10-19/h2-5,8-9H,6-7H2,1H3. The lowest BCUT2D eigenvalue weighted by molar-refractivity contribution is 0.216. The maximum Gasteiger partial charge on any atom is 0.137 e. The third kappa shape index (κ3) is 4.29. The Morgan fingerprint density at radius 2 is 1.81 bits per heavy atom. The normalized spacial score (nSPS) is 10.0. The van der Waals surface area contributed by atoms with E-state index in [2.05, 4.69) is 0 Å². The maximum absolute atomic E-state index is 9.00. The fraction of sp³-hybridized carbons (Fsp3) is 0.188. The second-order valence-corrected chi connectivity index (χ2v) is 5.20. The third-order valence-electron chi connectivity index (χ3n) is 2.80. The van der Waals surface area contributed by atoms with Crippen LogP contribution in [0.25, 0.3) is 0 Å². The van der Waals surface area contributed by atoms with Gasteiger partial charge < -0.3 is 9.47 Å². The van der Waals surface area contributed by atoms with Crippen LogP contribution < -0.4 is 9.47 Å². The molecule has 0 aliphatic rings. The zero-order valence-corrected chi connectivity index (χ0v) is 12.9. The van der Waals surface area contributed by atoms with Crippen molar-refractivity contribution in [2.45, 2.75) is 6.92 Å². The van der Waals surface area contributed by atoms with Crippen LogP contribution in [0.15, 0.2) is 36.4 Å². The smallest absolute Gasteiger partial charge is 0.137 e. The number of nitriles is 1. The number of hydrogen-bond donors (Lipinski definition) is 0. The van der Waals surface area contributed by atoms with Gasteiger partial charge in [-0.2, -0.15) is 5.26 Å². The number of nitrogens with zero attached hydrogens (tertiary/aromatic N) is 1. The lowest BCUT2D eigenvalue weighted by Gasteiger charge is -2.10. The van der Waals surface area contributed by atoms with E-state index in [9.17, 15) is 0 Å². The Morgan fingerprint density at radius 1 is 1.05 bits per heavy atom. The fourth-order valence-corrected chi connectivity index (χ4v) is 2.02. The third-order valence-corrected chi connectivity index (χ3v) is 3.46. The molecular weight excluding hydrogens is 309 g/mol. The molecule has 0 aliphatic carbocycles. The Balaban J connectivity index is 1.87. The summed E-state index contributed by atoms with van der Waals surface area (Å²) in [5.74, 6) is 1.23. The second kappa shape index (κ2) is 7.21. The van der Waals surface area contributed by atoms with Gasteiger partial charge in [-0.05, 0) is 48.9 Å². The Bertz CT molecular complexity index is 680. The van der Waals surface area contributed by atoms with Crippen molar-refractivity contribution in [3.63, 3.8) is 0 Å². The number of aryl methyl sites for hydroxylation is 1. The highest BCUT2D eigenvalue weighted by atomic mass is 35.5. The van der Waals surface area contributed by atoms with Gasteiger partial charge in [-0.3, -0.25) is 0 Å². The maximum atomic E-state index is 9.00. The minimum Gasteiger partial charge on any atom is -0.490 e. The molecule has 0 N–H and O–H groups in total. The minimum absolute atomic E-state index is 0.331. The molecule has 2 aromatic rings. The fourth-order valence-electron chi connectivity index (χ4n) is 1.73. The lowest BCUT2D eigenvalue weighted by Crippen LogP contribution is -2.09. The topological polar surface area (TPSA) is 42.2 Å². The predicted octanol–water partition coefficient (Wildman–Crippen LogP) is 4.63. The van der Waals surface area contributed by atoms with Crippen molar-refractivity contribution < 1.29 is 9.47 Å². The predicted molar refractivity (Wildman–Crippen MR) is 83.3 cm³/mol. The van der Waals surface area contributed by atoms with E-state index in [1.54, 1.807) is 30.3 Å². The van der Waals surface area contributed by atoms with Crippen molar-refractivity contribution in [3.8, 4) is 17.6 Å². The molecule has 0 amide bonds. The summed E-state index contributed by atoms with van der Waals surface area (Å²) in [6, 6.07) is 12.4. The van der Waals surface area contributed by atoms with Crippen molar-refractivity contribution in [1.29, 1.82) is 5.26 Å². The van der Waals surface area contributed by atoms with Crippen molar-refractivity contribution in [2.75, 3.05) is 13.2 Å². The molecule has 5 heteroatoms. The average Bonchev–Trinajstić information content (AvgIpc) is 2.48.